The van der Waals surface area contributed by atoms with Gasteiger partial charge in [0.05, 0.1) is 7.11 Å². The number of carbonyl (C=O) groups is 1. The zero-order chi connectivity index (χ0) is 21.4. The van der Waals surface area contributed by atoms with E-state index in [1.54, 1.807) is 13.1 Å². The Morgan fingerprint density at radius 2 is 2.00 bits per heavy atom. The van der Waals surface area contributed by atoms with Crippen LogP contribution in [0.25, 0.3) is 0 Å². The highest BCUT2D eigenvalue weighted by Crippen LogP contribution is 2.20. The molecule has 0 aliphatic carbocycles. The largest absolute Gasteiger partial charge is 0.494 e. The van der Waals surface area contributed by atoms with Crippen molar-refractivity contribution in [3.8, 4) is 5.75 Å². The Hall–Kier alpha value is -2.35. The number of esters is 1. The number of nitrogens with one attached hydrogen (secondary N) is 2. The van der Waals surface area contributed by atoms with Crippen molar-refractivity contribution in [2.45, 2.75) is 51.8 Å². The van der Waals surface area contributed by atoms with E-state index in [0.29, 0.717) is 12.5 Å². The molecule has 162 valence electrons. The van der Waals surface area contributed by atoms with Crippen LogP contribution in [0.1, 0.15) is 39.2 Å². The van der Waals surface area contributed by atoms with Crippen molar-refractivity contribution in [2.24, 2.45) is 4.99 Å². The van der Waals surface area contributed by atoms with Crippen LogP contribution in [0.2, 0.25) is 0 Å². The van der Waals surface area contributed by atoms with Gasteiger partial charge in [-0.1, -0.05) is 6.07 Å². The third-order valence-corrected chi connectivity index (χ3v) is 4.59. The van der Waals surface area contributed by atoms with E-state index in [4.69, 9.17) is 9.47 Å². The number of hydrogen-bond acceptors (Lipinski definition) is 5. The zero-order valence-electron chi connectivity index (χ0n) is 18.0. The molecular formula is C21H33FN4O3. The van der Waals surface area contributed by atoms with Crippen LogP contribution >= 0.6 is 0 Å². The fourth-order valence-electron chi connectivity index (χ4n) is 3.22. The minimum absolute atomic E-state index is 0.0683. The summed E-state index contributed by atoms with van der Waals surface area (Å²) >= 11 is 0. The van der Waals surface area contributed by atoms with Gasteiger partial charge in [0.1, 0.15) is 12.1 Å². The van der Waals surface area contributed by atoms with Gasteiger partial charge >= 0.3 is 5.97 Å². The average molecular weight is 409 g/mol. The van der Waals surface area contributed by atoms with E-state index in [0.717, 1.165) is 31.5 Å². The Morgan fingerprint density at radius 3 is 2.55 bits per heavy atom. The van der Waals surface area contributed by atoms with Crippen LogP contribution in [-0.4, -0.2) is 62.3 Å². The fourth-order valence-corrected chi connectivity index (χ4v) is 3.22. The van der Waals surface area contributed by atoms with E-state index in [1.807, 2.05) is 26.8 Å². The van der Waals surface area contributed by atoms with Crippen molar-refractivity contribution in [1.29, 1.82) is 0 Å². The maximum Gasteiger partial charge on any atom is 0.325 e. The Morgan fingerprint density at radius 1 is 1.31 bits per heavy atom. The van der Waals surface area contributed by atoms with Gasteiger partial charge in [-0.25, -0.2) is 4.39 Å². The van der Waals surface area contributed by atoms with Crippen LogP contribution in [0, 0.1) is 5.82 Å². The smallest absolute Gasteiger partial charge is 0.325 e. The predicted octanol–water partition coefficient (Wildman–Crippen LogP) is 2.31. The van der Waals surface area contributed by atoms with Crippen molar-refractivity contribution in [1.82, 2.24) is 15.5 Å². The number of rotatable bonds is 6. The average Bonchev–Trinajstić information content (AvgIpc) is 2.65. The van der Waals surface area contributed by atoms with Crippen LogP contribution in [0.4, 0.5) is 4.39 Å². The Bertz CT molecular complexity index is 710. The molecular weight excluding hydrogens is 375 g/mol. The molecule has 1 aliphatic heterocycles. The van der Waals surface area contributed by atoms with Crippen LogP contribution in [0.3, 0.4) is 0 Å². The molecule has 1 saturated heterocycles. The standard InChI is InChI=1S/C21H33FN4O3/c1-21(2,3)29-19(27)13-24-20(23-4)25-16-8-10-26(11-9-16)14-15-6-7-18(28-5)17(22)12-15/h6-7,12,16H,8-11,13-14H2,1-5H3,(H2,23,24,25). The highest BCUT2D eigenvalue weighted by Gasteiger charge is 2.21. The third kappa shape index (κ3) is 7.89. The summed E-state index contributed by atoms with van der Waals surface area (Å²) in [4.78, 5) is 18.3. The molecule has 7 nitrogen and oxygen atoms in total. The molecule has 8 heteroatoms. The minimum atomic E-state index is -0.505. The molecule has 2 rings (SSSR count). The van der Waals surface area contributed by atoms with Crippen molar-refractivity contribution in [3.63, 3.8) is 0 Å². The van der Waals surface area contributed by atoms with Crippen LogP contribution < -0.4 is 15.4 Å². The molecule has 1 aromatic carbocycles. The lowest BCUT2D eigenvalue weighted by molar-refractivity contribution is -0.153. The second kappa shape index (κ2) is 10.4. The normalized spacial score (nSPS) is 16.4. The van der Waals surface area contributed by atoms with Crippen LogP contribution in [0.15, 0.2) is 23.2 Å². The highest BCUT2D eigenvalue weighted by atomic mass is 19.1. The maximum atomic E-state index is 13.9. The molecule has 2 N–H and O–H groups in total. The minimum Gasteiger partial charge on any atom is -0.494 e. The van der Waals surface area contributed by atoms with Crippen LogP contribution in [-0.2, 0) is 16.1 Å². The van der Waals surface area contributed by atoms with Gasteiger partial charge in [0, 0.05) is 32.7 Å². The number of ether oxygens (including phenoxy) is 2. The van der Waals surface area contributed by atoms with Crippen molar-refractivity contribution in [2.75, 3.05) is 33.8 Å². The molecule has 0 unspecified atom stereocenters. The van der Waals surface area contributed by atoms with Gasteiger partial charge in [0.15, 0.2) is 17.5 Å². The summed E-state index contributed by atoms with van der Waals surface area (Å²) in [5.41, 5.74) is 0.430. The maximum absolute atomic E-state index is 13.9. The van der Waals surface area contributed by atoms with Crippen LogP contribution in [0.5, 0.6) is 5.75 Å². The lowest BCUT2D eigenvalue weighted by Gasteiger charge is -2.33. The van der Waals surface area contributed by atoms with Crippen molar-refractivity contribution >= 4 is 11.9 Å². The summed E-state index contributed by atoms with van der Waals surface area (Å²) in [6.07, 6.45) is 1.87. The van der Waals surface area contributed by atoms with Gasteiger partial charge in [0.2, 0.25) is 0 Å². The number of halogens is 1. The summed E-state index contributed by atoms with van der Waals surface area (Å²) in [6, 6.07) is 5.36. The molecule has 1 fully saturated rings. The Balaban J connectivity index is 1.75. The number of guanidine groups is 1. The van der Waals surface area contributed by atoms with Crippen molar-refractivity contribution < 1.29 is 18.7 Å². The number of likely N-dealkylation sites (tertiary alicyclic amines) is 1. The van der Waals surface area contributed by atoms with Crippen molar-refractivity contribution in [3.05, 3.63) is 29.6 Å². The first-order chi connectivity index (χ1) is 13.7. The topological polar surface area (TPSA) is 75.2 Å². The first kappa shape index (κ1) is 22.9. The molecule has 1 heterocycles. The molecule has 29 heavy (non-hydrogen) atoms. The fraction of sp³-hybridized carbons (Fsp3) is 0.619. The second-order valence-corrected chi connectivity index (χ2v) is 8.18. The molecule has 0 spiro atoms. The molecule has 1 aliphatic rings. The van der Waals surface area contributed by atoms with E-state index < -0.39 is 5.60 Å². The number of aliphatic imine (C=N–C) groups is 1. The number of methoxy groups -OCH3 is 1. The summed E-state index contributed by atoms with van der Waals surface area (Å²) in [7, 11) is 3.14. The lowest BCUT2D eigenvalue weighted by Crippen LogP contribution is -2.49. The first-order valence-corrected chi connectivity index (χ1v) is 9.94. The monoisotopic (exact) mass is 408 g/mol. The molecule has 0 aromatic heterocycles. The number of nitrogens with zero attached hydrogens (tertiary/aromatic N) is 2. The molecule has 0 radical (unpaired) electrons. The molecule has 0 bridgehead atoms. The number of benzene rings is 1. The summed E-state index contributed by atoms with van der Waals surface area (Å²) in [6.45, 7) is 8.09. The SMILES string of the molecule is CN=C(NCC(=O)OC(C)(C)C)NC1CCN(Cc2ccc(OC)c(F)c2)CC1. The first-order valence-electron chi connectivity index (χ1n) is 9.94. The summed E-state index contributed by atoms with van der Waals surface area (Å²) in [5, 5.41) is 6.36. The van der Waals surface area contributed by atoms with Gasteiger partial charge in [-0.3, -0.25) is 14.7 Å². The predicted molar refractivity (Wildman–Crippen MR) is 112 cm³/mol. The van der Waals surface area contributed by atoms with Gasteiger partial charge in [-0.15, -0.1) is 0 Å². The van der Waals surface area contributed by atoms with E-state index in [1.165, 1.54) is 13.2 Å². The quantitative estimate of drug-likeness (QED) is 0.427. The van der Waals surface area contributed by atoms with Gasteiger partial charge in [0.25, 0.3) is 0 Å². The second-order valence-electron chi connectivity index (χ2n) is 8.18. The summed E-state index contributed by atoms with van der Waals surface area (Å²) in [5.74, 6) is 0.205. The number of carbonyl (C=O) groups excluding carboxylic acids is 1. The van der Waals surface area contributed by atoms with E-state index >= 15 is 0 Å². The summed E-state index contributed by atoms with van der Waals surface area (Å²) < 4.78 is 24.1. The number of hydrogen-bond donors (Lipinski definition) is 2. The van der Waals surface area contributed by atoms with Gasteiger partial charge < -0.3 is 20.1 Å². The lowest BCUT2D eigenvalue weighted by atomic mass is 10.0. The number of piperidine rings is 1. The zero-order valence-corrected chi connectivity index (χ0v) is 18.0. The Kier molecular flexibility index (Phi) is 8.25. The third-order valence-electron chi connectivity index (χ3n) is 4.59. The Labute approximate surface area is 172 Å². The van der Waals surface area contributed by atoms with E-state index in [9.17, 15) is 9.18 Å². The molecule has 0 saturated carbocycles. The van der Waals surface area contributed by atoms with Gasteiger partial charge in [-0.05, 0) is 51.3 Å². The van der Waals surface area contributed by atoms with E-state index in [-0.39, 0.29) is 30.1 Å². The van der Waals surface area contributed by atoms with Gasteiger partial charge in [-0.2, -0.15) is 0 Å². The highest BCUT2D eigenvalue weighted by molar-refractivity contribution is 5.84. The van der Waals surface area contributed by atoms with E-state index in [2.05, 4.69) is 20.5 Å². The molecule has 0 amide bonds. The molecule has 0 atom stereocenters. The molecule has 1 aromatic rings.